The maximum absolute atomic E-state index is 12.3. The Labute approximate surface area is 127 Å². The fourth-order valence-electron chi connectivity index (χ4n) is 2.36. The minimum absolute atomic E-state index is 0.206. The van der Waals surface area contributed by atoms with Gasteiger partial charge in [0.05, 0.1) is 4.90 Å². The Morgan fingerprint density at radius 2 is 1.86 bits per heavy atom. The molecule has 0 spiro atoms. The third-order valence-corrected chi connectivity index (χ3v) is 5.47. The van der Waals surface area contributed by atoms with Crippen LogP contribution < -0.4 is 10.0 Å². The zero-order chi connectivity index (χ0) is 15.3. The first-order valence-electron chi connectivity index (χ1n) is 7.37. The van der Waals surface area contributed by atoms with Gasteiger partial charge in [-0.25, -0.2) is 13.1 Å². The summed E-state index contributed by atoms with van der Waals surface area (Å²) in [6.45, 7) is 3.97. The van der Waals surface area contributed by atoms with Crippen LogP contribution in [0.5, 0.6) is 0 Å². The normalized spacial score (nSPS) is 18.6. The SMILES string of the molecule is CNC(C)c1ccc(S(=O)(=O)NCC2CCOCC2)cc1. The van der Waals surface area contributed by atoms with Gasteiger partial charge in [-0.3, -0.25) is 0 Å². The topological polar surface area (TPSA) is 67.4 Å². The highest BCUT2D eigenvalue weighted by atomic mass is 32.2. The van der Waals surface area contributed by atoms with Crippen LogP contribution in [0.15, 0.2) is 29.2 Å². The molecule has 1 atom stereocenters. The van der Waals surface area contributed by atoms with E-state index in [9.17, 15) is 8.42 Å². The quantitative estimate of drug-likeness (QED) is 0.838. The van der Waals surface area contributed by atoms with Crippen LogP contribution in [0.3, 0.4) is 0 Å². The Balaban J connectivity index is 1.98. The van der Waals surface area contributed by atoms with Crippen LogP contribution in [0, 0.1) is 5.92 Å². The van der Waals surface area contributed by atoms with Gasteiger partial charge in [-0.1, -0.05) is 12.1 Å². The molecule has 1 unspecified atom stereocenters. The Kier molecular flexibility index (Phi) is 5.75. The minimum Gasteiger partial charge on any atom is -0.381 e. The number of benzene rings is 1. The van der Waals surface area contributed by atoms with Gasteiger partial charge in [0.2, 0.25) is 10.0 Å². The van der Waals surface area contributed by atoms with Crippen molar-refractivity contribution in [3.8, 4) is 0 Å². The fraction of sp³-hybridized carbons (Fsp3) is 0.600. The van der Waals surface area contributed by atoms with E-state index in [0.717, 1.165) is 31.6 Å². The largest absolute Gasteiger partial charge is 0.381 e. The predicted octanol–water partition coefficient (Wildman–Crippen LogP) is 1.67. The minimum atomic E-state index is -3.42. The molecule has 21 heavy (non-hydrogen) atoms. The molecule has 2 rings (SSSR count). The van der Waals surface area contributed by atoms with Gasteiger partial charge in [0.1, 0.15) is 0 Å². The molecule has 1 aliphatic heterocycles. The van der Waals surface area contributed by atoms with Crippen molar-refractivity contribution < 1.29 is 13.2 Å². The van der Waals surface area contributed by atoms with Crippen LogP contribution in [0.2, 0.25) is 0 Å². The summed E-state index contributed by atoms with van der Waals surface area (Å²) in [7, 11) is -1.54. The maximum Gasteiger partial charge on any atom is 0.240 e. The molecule has 1 saturated heterocycles. The van der Waals surface area contributed by atoms with Crippen LogP contribution in [-0.2, 0) is 14.8 Å². The second kappa shape index (κ2) is 7.35. The fourth-order valence-corrected chi connectivity index (χ4v) is 3.48. The van der Waals surface area contributed by atoms with Crippen molar-refractivity contribution in [3.05, 3.63) is 29.8 Å². The summed E-state index contributed by atoms with van der Waals surface area (Å²) < 4.78 is 32.5. The highest BCUT2D eigenvalue weighted by molar-refractivity contribution is 7.89. The van der Waals surface area contributed by atoms with Gasteiger partial charge in [-0.2, -0.15) is 0 Å². The van der Waals surface area contributed by atoms with E-state index in [1.807, 2.05) is 26.1 Å². The van der Waals surface area contributed by atoms with Gasteiger partial charge in [-0.05, 0) is 50.4 Å². The van der Waals surface area contributed by atoms with E-state index < -0.39 is 10.0 Å². The van der Waals surface area contributed by atoms with Crippen LogP contribution >= 0.6 is 0 Å². The van der Waals surface area contributed by atoms with Gasteiger partial charge in [0, 0.05) is 25.8 Å². The molecule has 0 aliphatic carbocycles. The van der Waals surface area contributed by atoms with E-state index in [2.05, 4.69) is 10.0 Å². The summed E-state index contributed by atoms with van der Waals surface area (Å²) >= 11 is 0. The lowest BCUT2D eigenvalue weighted by Crippen LogP contribution is -2.32. The van der Waals surface area contributed by atoms with Crippen LogP contribution in [0.4, 0.5) is 0 Å². The van der Waals surface area contributed by atoms with Crippen molar-refractivity contribution in [2.75, 3.05) is 26.8 Å². The molecule has 118 valence electrons. The second-order valence-corrected chi connectivity index (χ2v) is 7.25. The molecule has 1 aliphatic rings. The summed E-state index contributed by atoms with van der Waals surface area (Å²) in [6, 6.07) is 7.23. The van der Waals surface area contributed by atoms with Gasteiger partial charge in [0.15, 0.2) is 0 Å². The highest BCUT2D eigenvalue weighted by Crippen LogP contribution is 2.17. The van der Waals surface area contributed by atoms with E-state index in [0.29, 0.717) is 17.4 Å². The first-order chi connectivity index (χ1) is 10.0. The van der Waals surface area contributed by atoms with Crippen molar-refractivity contribution in [1.29, 1.82) is 0 Å². The third kappa shape index (κ3) is 4.51. The van der Waals surface area contributed by atoms with Gasteiger partial charge < -0.3 is 10.1 Å². The average molecular weight is 312 g/mol. The molecule has 0 saturated carbocycles. The molecule has 1 heterocycles. The Bertz CT molecular complexity index is 537. The van der Waals surface area contributed by atoms with Gasteiger partial charge >= 0.3 is 0 Å². The number of sulfonamides is 1. The second-order valence-electron chi connectivity index (χ2n) is 5.49. The van der Waals surface area contributed by atoms with Crippen LogP contribution in [0.25, 0.3) is 0 Å². The molecule has 5 nitrogen and oxygen atoms in total. The van der Waals surface area contributed by atoms with E-state index in [1.165, 1.54) is 0 Å². The number of hydrogen-bond acceptors (Lipinski definition) is 4. The average Bonchev–Trinajstić information content (AvgIpc) is 2.53. The van der Waals surface area contributed by atoms with Crippen molar-refractivity contribution in [1.82, 2.24) is 10.0 Å². The maximum atomic E-state index is 12.3. The Morgan fingerprint density at radius 1 is 1.24 bits per heavy atom. The van der Waals surface area contributed by atoms with Crippen molar-refractivity contribution in [3.63, 3.8) is 0 Å². The molecule has 0 aromatic heterocycles. The standard InChI is InChI=1S/C15H24N2O3S/c1-12(16-2)14-3-5-15(6-4-14)21(18,19)17-11-13-7-9-20-10-8-13/h3-6,12-13,16-17H,7-11H2,1-2H3. The smallest absolute Gasteiger partial charge is 0.240 e. The van der Waals surface area contributed by atoms with Crippen LogP contribution in [-0.4, -0.2) is 35.2 Å². The molecule has 1 aromatic rings. The molecule has 2 N–H and O–H groups in total. The van der Waals surface area contributed by atoms with Gasteiger partial charge in [-0.15, -0.1) is 0 Å². The molecular weight excluding hydrogens is 288 g/mol. The lowest BCUT2D eigenvalue weighted by Gasteiger charge is -2.22. The molecule has 0 radical (unpaired) electrons. The molecule has 6 heteroatoms. The zero-order valence-electron chi connectivity index (χ0n) is 12.6. The number of ether oxygens (including phenoxy) is 1. The number of hydrogen-bond donors (Lipinski definition) is 2. The molecule has 1 fully saturated rings. The zero-order valence-corrected chi connectivity index (χ0v) is 13.4. The van der Waals surface area contributed by atoms with E-state index in [-0.39, 0.29) is 6.04 Å². The van der Waals surface area contributed by atoms with Crippen molar-refractivity contribution in [2.24, 2.45) is 5.92 Å². The summed E-state index contributed by atoms with van der Waals surface area (Å²) in [4.78, 5) is 0.321. The number of rotatable bonds is 6. The lowest BCUT2D eigenvalue weighted by molar-refractivity contribution is 0.0678. The van der Waals surface area contributed by atoms with E-state index in [4.69, 9.17) is 4.74 Å². The summed E-state index contributed by atoms with van der Waals surface area (Å²) in [6.07, 6.45) is 1.84. The first kappa shape index (κ1) is 16.4. The number of nitrogens with one attached hydrogen (secondary N) is 2. The lowest BCUT2D eigenvalue weighted by atomic mass is 10.0. The molecule has 1 aromatic carbocycles. The predicted molar refractivity (Wildman–Crippen MR) is 82.6 cm³/mol. The Hall–Kier alpha value is -0.950. The van der Waals surface area contributed by atoms with Crippen LogP contribution in [0.1, 0.15) is 31.4 Å². The molecule has 0 bridgehead atoms. The molecule has 0 amide bonds. The summed E-state index contributed by atoms with van der Waals surface area (Å²) in [5.74, 6) is 0.372. The van der Waals surface area contributed by atoms with E-state index in [1.54, 1.807) is 12.1 Å². The Morgan fingerprint density at radius 3 is 2.43 bits per heavy atom. The van der Waals surface area contributed by atoms with E-state index >= 15 is 0 Å². The third-order valence-electron chi connectivity index (χ3n) is 4.03. The highest BCUT2D eigenvalue weighted by Gasteiger charge is 2.19. The van der Waals surface area contributed by atoms with Crippen molar-refractivity contribution >= 4 is 10.0 Å². The monoisotopic (exact) mass is 312 g/mol. The van der Waals surface area contributed by atoms with Gasteiger partial charge in [0.25, 0.3) is 0 Å². The summed E-state index contributed by atoms with van der Waals surface area (Å²) in [5, 5.41) is 3.13. The molecular formula is C15H24N2O3S. The van der Waals surface area contributed by atoms with Crippen molar-refractivity contribution in [2.45, 2.75) is 30.7 Å². The summed E-state index contributed by atoms with van der Waals surface area (Å²) in [5.41, 5.74) is 1.07. The first-order valence-corrected chi connectivity index (χ1v) is 8.86.